The number of aromatic nitrogens is 4. The average molecular weight is 218 g/mol. The quantitative estimate of drug-likeness (QED) is 0.735. The van der Waals surface area contributed by atoms with E-state index in [4.69, 9.17) is 11.5 Å². The van der Waals surface area contributed by atoms with Crippen molar-refractivity contribution in [1.82, 2.24) is 20.2 Å². The molecule has 0 saturated heterocycles. The highest BCUT2D eigenvalue weighted by Gasteiger charge is 2.11. The van der Waals surface area contributed by atoms with Gasteiger partial charge in [-0.2, -0.15) is 0 Å². The molecule has 0 unspecified atom stereocenters. The summed E-state index contributed by atoms with van der Waals surface area (Å²) in [6.07, 6.45) is 0. The van der Waals surface area contributed by atoms with Gasteiger partial charge in [-0.05, 0) is 42.5 Å². The number of nitrogens with zero attached hydrogens (tertiary/aromatic N) is 4. The van der Waals surface area contributed by atoms with Gasteiger partial charge in [-0.15, -0.1) is 5.10 Å². The second-order valence-corrected chi connectivity index (χ2v) is 3.88. The van der Waals surface area contributed by atoms with Gasteiger partial charge >= 0.3 is 0 Å². The third-order valence-corrected chi connectivity index (χ3v) is 2.33. The number of nitrogen functional groups attached to an aromatic ring is 2. The van der Waals surface area contributed by atoms with Crippen LogP contribution in [0.1, 0.15) is 19.9 Å². The molecule has 0 aliphatic carbocycles. The van der Waals surface area contributed by atoms with Gasteiger partial charge in [0, 0.05) is 5.56 Å². The highest BCUT2D eigenvalue weighted by atomic mass is 15.5. The van der Waals surface area contributed by atoms with Gasteiger partial charge in [-0.25, -0.2) is 4.68 Å². The maximum absolute atomic E-state index is 5.75. The summed E-state index contributed by atoms with van der Waals surface area (Å²) in [7, 11) is 0. The Balaban J connectivity index is 2.50. The monoisotopic (exact) mass is 218 g/mol. The van der Waals surface area contributed by atoms with Crippen LogP contribution in [0.2, 0.25) is 0 Å². The molecule has 2 aromatic rings. The molecule has 0 aliphatic heterocycles. The van der Waals surface area contributed by atoms with Crippen LogP contribution < -0.4 is 11.5 Å². The largest absolute Gasteiger partial charge is 0.397 e. The summed E-state index contributed by atoms with van der Waals surface area (Å²) in [6, 6.07) is 5.59. The topological polar surface area (TPSA) is 95.6 Å². The van der Waals surface area contributed by atoms with E-state index in [0.29, 0.717) is 17.2 Å². The highest BCUT2D eigenvalue weighted by Crippen LogP contribution is 2.24. The van der Waals surface area contributed by atoms with Crippen molar-refractivity contribution in [3.05, 3.63) is 18.2 Å². The van der Waals surface area contributed by atoms with Crippen molar-refractivity contribution < 1.29 is 0 Å². The fourth-order valence-electron chi connectivity index (χ4n) is 1.45. The molecule has 0 saturated carbocycles. The molecule has 2 rings (SSSR count). The number of tetrazole rings is 1. The van der Waals surface area contributed by atoms with E-state index in [0.717, 1.165) is 5.56 Å². The van der Waals surface area contributed by atoms with E-state index in [1.165, 1.54) is 0 Å². The highest BCUT2D eigenvalue weighted by molar-refractivity contribution is 5.71. The molecule has 0 aliphatic rings. The molecule has 0 bridgehead atoms. The number of rotatable bonds is 2. The Morgan fingerprint density at radius 1 is 1.19 bits per heavy atom. The van der Waals surface area contributed by atoms with Crippen molar-refractivity contribution in [2.24, 2.45) is 0 Å². The predicted octanol–water partition coefficient (Wildman–Crippen LogP) is 1.09. The molecule has 6 nitrogen and oxygen atoms in total. The molecule has 0 spiro atoms. The van der Waals surface area contributed by atoms with Crippen molar-refractivity contribution >= 4 is 11.4 Å². The van der Waals surface area contributed by atoms with Crippen LogP contribution in [0.5, 0.6) is 0 Å². The standard InChI is InChI=1S/C10H14N6/c1-6(2)16-10(13-14-15-16)7-3-4-8(11)9(12)5-7/h3-6H,11-12H2,1-2H3. The smallest absolute Gasteiger partial charge is 0.182 e. The normalized spacial score (nSPS) is 10.9. The lowest BCUT2D eigenvalue weighted by atomic mass is 10.1. The van der Waals surface area contributed by atoms with Crippen LogP contribution in [-0.4, -0.2) is 20.2 Å². The summed E-state index contributed by atoms with van der Waals surface area (Å²) < 4.78 is 1.74. The number of hydrogen-bond acceptors (Lipinski definition) is 5. The number of hydrogen-bond donors (Lipinski definition) is 2. The molecule has 1 aromatic heterocycles. The Kier molecular flexibility index (Phi) is 2.47. The van der Waals surface area contributed by atoms with Crippen molar-refractivity contribution in [2.75, 3.05) is 11.5 Å². The molecular formula is C10H14N6. The molecule has 0 radical (unpaired) electrons. The summed E-state index contributed by atoms with van der Waals surface area (Å²) in [5.74, 6) is 0.696. The zero-order valence-electron chi connectivity index (χ0n) is 9.25. The first kappa shape index (κ1) is 10.4. The molecule has 0 atom stereocenters. The van der Waals surface area contributed by atoms with Crippen LogP contribution >= 0.6 is 0 Å². The minimum Gasteiger partial charge on any atom is -0.397 e. The van der Waals surface area contributed by atoms with Crippen molar-refractivity contribution in [3.63, 3.8) is 0 Å². The second-order valence-electron chi connectivity index (χ2n) is 3.88. The lowest BCUT2D eigenvalue weighted by molar-refractivity contribution is 0.519. The fraction of sp³-hybridized carbons (Fsp3) is 0.300. The van der Waals surface area contributed by atoms with Crippen molar-refractivity contribution in [1.29, 1.82) is 0 Å². The van der Waals surface area contributed by atoms with E-state index in [-0.39, 0.29) is 6.04 Å². The van der Waals surface area contributed by atoms with E-state index in [9.17, 15) is 0 Å². The molecule has 1 heterocycles. The Hall–Kier alpha value is -2.11. The molecule has 0 fully saturated rings. The third kappa shape index (κ3) is 1.69. The molecule has 84 valence electrons. The number of benzene rings is 1. The molecule has 6 heteroatoms. The van der Waals surface area contributed by atoms with Crippen LogP contribution in [0.3, 0.4) is 0 Å². The minimum absolute atomic E-state index is 0.198. The summed E-state index contributed by atoms with van der Waals surface area (Å²) >= 11 is 0. The Morgan fingerprint density at radius 2 is 1.94 bits per heavy atom. The zero-order valence-corrected chi connectivity index (χ0v) is 9.25. The van der Waals surface area contributed by atoms with Crippen LogP contribution in [0, 0.1) is 0 Å². The van der Waals surface area contributed by atoms with Gasteiger partial charge in [-0.3, -0.25) is 0 Å². The maximum atomic E-state index is 5.75. The van der Waals surface area contributed by atoms with Crippen molar-refractivity contribution in [3.8, 4) is 11.4 Å². The first-order valence-corrected chi connectivity index (χ1v) is 5.03. The molecule has 4 N–H and O–H groups in total. The number of nitrogens with two attached hydrogens (primary N) is 2. The predicted molar refractivity (Wildman–Crippen MR) is 62.5 cm³/mol. The fourth-order valence-corrected chi connectivity index (χ4v) is 1.45. The third-order valence-electron chi connectivity index (χ3n) is 2.33. The maximum Gasteiger partial charge on any atom is 0.182 e. The van der Waals surface area contributed by atoms with E-state index in [2.05, 4.69) is 15.5 Å². The van der Waals surface area contributed by atoms with Gasteiger partial charge in [0.1, 0.15) is 0 Å². The molecular weight excluding hydrogens is 204 g/mol. The van der Waals surface area contributed by atoms with Gasteiger partial charge in [0.05, 0.1) is 17.4 Å². The van der Waals surface area contributed by atoms with Gasteiger partial charge in [0.25, 0.3) is 0 Å². The lowest BCUT2D eigenvalue weighted by Gasteiger charge is -2.08. The average Bonchev–Trinajstić information content (AvgIpc) is 2.71. The second kappa shape index (κ2) is 3.80. The summed E-state index contributed by atoms with van der Waals surface area (Å²) in [6.45, 7) is 4.03. The first-order valence-electron chi connectivity index (χ1n) is 5.03. The summed E-state index contributed by atoms with van der Waals surface area (Å²) in [5.41, 5.74) is 13.4. The van der Waals surface area contributed by atoms with Crippen LogP contribution in [-0.2, 0) is 0 Å². The van der Waals surface area contributed by atoms with Crippen molar-refractivity contribution in [2.45, 2.75) is 19.9 Å². The molecule has 16 heavy (non-hydrogen) atoms. The Bertz CT molecular complexity index is 502. The van der Waals surface area contributed by atoms with E-state index in [1.54, 1.807) is 16.8 Å². The Morgan fingerprint density at radius 3 is 2.56 bits per heavy atom. The summed E-state index contributed by atoms with van der Waals surface area (Å²) in [4.78, 5) is 0. The minimum atomic E-state index is 0.198. The zero-order chi connectivity index (χ0) is 11.7. The van der Waals surface area contributed by atoms with Crippen LogP contribution in [0.15, 0.2) is 18.2 Å². The summed E-state index contributed by atoms with van der Waals surface area (Å²) in [5, 5.41) is 11.6. The van der Waals surface area contributed by atoms with Crippen LogP contribution in [0.4, 0.5) is 11.4 Å². The van der Waals surface area contributed by atoms with E-state index >= 15 is 0 Å². The van der Waals surface area contributed by atoms with Gasteiger partial charge in [-0.1, -0.05) is 0 Å². The van der Waals surface area contributed by atoms with Gasteiger partial charge in [0.15, 0.2) is 5.82 Å². The SMILES string of the molecule is CC(C)n1nnnc1-c1ccc(N)c(N)c1. The van der Waals surface area contributed by atoms with E-state index < -0.39 is 0 Å². The molecule has 0 amide bonds. The number of anilines is 2. The van der Waals surface area contributed by atoms with Gasteiger partial charge in [0.2, 0.25) is 0 Å². The van der Waals surface area contributed by atoms with E-state index in [1.807, 2.05) is 19.9 Å². The van der Waals surface area contributed by atoms with Crippen LogP contribution in [0.25, 0.3) is 11.4 Å². The van der Waals surface area contributed by atoms with Gasteiger partial charge < -0.3 is 11.5 Å². The Labute approximate surface area is 93.2 Å². The molecule has 1 aromatic carbocycles. The first-order chi connectivity index (χ1) is 7.59. The lowest BCUT2D eigenvalue weighted by Crippen LogP contribution is -2.05.